The average Bonchev–Trinajstić information content (AvgIpc) is 3.13. The first kappa shape index (κ1) is 16.6. The molecule has 2 aromatic rings. The van der Waals surface area contributed by atoms with Gasteiger partial charge in [0.2, 0.25) is 0 Å². The van der Waals surface area contributed by atoms with Gasteiger partial charge in [-0.2, -0.15) is 0 Å². The maximum atomic E-state index is 12.5. The molecule has 1 saturated carbocycles. The molecule has 1 aliphatic rings. The fourth-order valence-electron chi connectivity index (χ4n) is 3.31. The standard InChI is InChI=1S/C21H25NO2/c1-22(15-17-7-5-6-8-17)21(23)19-13-11-18(12-14-19)16-24-20-9-3-2-4-10-20/h2-4,9-14,17H,5-8,15-16H2,1H3. The van der Waals surface area contributed by atoms with E-state index in [0.29, 0.717) is 12.5 Å². The molecule has 0 heterocycles. The highest BCUT2D eigenvalue weighted by molar-refractivity contribution is 5.94. The van der Waals surface area contributed by atoms with Crippen molar-refractivity contribution in [1.29, 1.82) is 0 Å². The zero-order chi connectivity index (χ0) is 16.8. The summed E-state index contributed by atoms with van der Waals surface area (Å²) in [5, 5.41) is 0. The van der Waals surface area contributed by atoms with Gasteiger partial charge in [0.05, 0.1) is 0 Å². The highest BCUT2D eigenvalue weighted by atomic mass is 16.5. The molecule has 3 heteroatoms. The number of hydrogen-bond donors (Lipinski definition) is 0. The monoisotopic (exact) mass is 323 g/mol. The Hall–Kier alpha value is -2.29. The van der Waals surface area contributed by atoms with Crippen molar-refractivity contribution in [3.05, 3.63) is 65.7 Å². The third-order valence-electron chi connectivity index (χ3n) is 4.70. The van der Waals surface area contributed by atoms with Crippen LogP contribution < -0.4 is 4.74 Å². The van der Waals surface area contributed by atoms with Gasteiger partial charge in [0.25, 0.3) is 5.91 Å². The van der Waals surface area contributed by atoms with E-state index in [2.05, 4.69) is 0 Å². The van der Waals surface area contributed by atoms with E-state index >= 15 is 0 Å². The van der Waals surface area contributed by atoms with Crippen LogP contribution in [0.2, 0.25) is 0 Å². The smallest absolute Gasteiger partial charge is 0.253 e. The molecule has 126 valence electrons. The lowest BCUT2D eigenvalue weighted by Gasteiger charge is -2.21. The third kappa shape index (κ3) is 4.38. The van der Waals surface area contributed by atoms with Gasteiger partial charge >= 0.3 is 0 Å². The molecule has 1 aliphatic carbocycles. The van der Waals surface area contributed by atoms with Crippen LogP contribution in [-0.2, 0) is 6.61 Å². The van der Waals surface area contributed by atoms with Crippen molar-refractivity contribution in [1.82, 2.24) is 4.90 Å². The van der Waals surface area contributed by atoms with Crippen LogP contribution >= 0.6 is 0 Å². The topological polar surface area (TPSA) is 29.5 Å². The summed E-state index contributed by atoms with van der Waals surface area (Å²) in [6.07, 6.45) is 5.13. The van der Waals surface area contributed by atoms with Crippen molar-refractivity contribution in [2.24, 2.45) is 5.92 Å². The van der Waals surface area contributed by atoms with Crippen molar-refractivity contribution in [2.75, 3.05) is 13.6 Å². The van der Waals surface area contributed by atoms with Gasteiger partial charge in [-0.15, -0.1) is 0 Å². The Morgan fingerprint density at radius 1 is 1.04 bits per heavy atom. The SMILES string of the molecule is CN(CC1CCCC1)C(=O)c1ccc(COc2ccccc2)cc1. The number of carbonyl (C=O) groups excluding carboxylic acids is 1. The lowest BCUT2D eigenvalue weighted by Crippen LogP contribution is -2.31. The van der Waals surface area contributed by atoms with E-state index < -0.39 is 0 Å². The van der Waals surface area contributed by atoms with Crippen molar-refractivity contribution < 1.29 is 9.53 Å². The maximum Gasteiger partial charge on any atom is 0.253 e. The van der Waals surface area contributed by atoms with Crippen LogP contribution in [0.5, 0.6) is 5.75 Å². The lowest BCUT2D eigenvalue weighted by atomic mass is 10.1. The Balaban J connectivity index is 1.54. The second-order valence-corrected chi connectivity index (χ2v) is 6.63. The van der Waals surface area contributed by atoms with E-state index in [1.54, 1.807) is 0 Å². The van der Waals surface area contributed by atoms with Gasteiger partial charge < -0.3 is 9.64 Å². The molecule has 0 N–H and O–H groups in total. The predicted molar refractivity (Wildman–Crippen MR) is 96.1 cm³/mol. The van der Waals surface area contributed by atoms with Crippen LogP contribution in [0.25, 0.3) is 0 Å². The van der Waals surface area contributed by atoms with E-state index in [1.807, 2.05) is 66.5 Å². The molecule has 0 radical (unpaired) electrons. The number of ether oxygens (including phenoxy) is 1. The molecule has 0 aliphatic heterocycles. The van der Waals surface area contributed by atoms with Crippen LogP contribution in [0, 0.1) is 5.92 Å². The molecule has 0 aromatic heterocycles. The predicted octanol–water partition coefficient (Wildman–Crippen LogP) is 4.53. The Morgan fingerprint density at radius 2 is 1.71 bits per heavy atom. The van der Waals surface area contributed by atoms with Crippen molar-refractivity contribution in [2.45, 2.75) is 32.3 Å². The molecular weight excluding hydrogens is 298 g/mol. The zero-order valence-electron chi connectivity index (χ0n) is 14.3. The molecular formula is C21H25NO2. The summed E-state index contributed by atoms with van der Waals surface area (Å²) in [5.74, 6) is 1.64. The lowest BCUT2D eigenvalue weighted by molar-refractivity contribution is 0.0773. The molecule has 0 unspecified atom stereocenters. The maximum absolute atomic E-state index is 12.5. The van der Waals surface area contributed by atoms with Crippen LogP contribution in [0.1, 0.15) is 41.6 Å². The fraction of sp³-hybridized carbons (Fsp3) is 0.381. The van der Waals surface area contributed by atoms with E-state index in [0.717, 1.165) is 23.4 Å². The average molecular weight is 323 g/mol. The van der Waals surface area contributed by atoms with Gasteiger partial charge in [-0.25, -0.2) is 0 Å². The molecule has 3 rings (SSSR count). The number of para-hydroxylation sites is 1. The van der Waals surface area contributed by atoms with Crippen molar-refractivity contribution in [3.63, 3.8) is 0 Å². The minimum Gasteiger partial charge on any atom is -0.489 e. The largest absolute Gasteiger partial charge is 0.489 e. The summed E-state index contributed by atoms with van der Waals surface area (Å²) in [6, 6.07) is 17.5. The molecule has 24 heavy (non-hydrogen) atoms. The number of rotatable bonds is 6. The number of nitrogens with zero attached hydrogens (tertiary/aromatic N) is 1. The number of carbonyl (C=O) groups is 1. The molecule has 0 bridgehead atoms. The van der Waals surface area contributed by atoms with E-state index in [9.17, 15) is 4.79 Å². The second-order valence-electron chi connectivity index (χ2n) is 6.63. The van der Waals surface area contributed by atoms with Gasteiger partial charge in [0.15, 0.2) is 0 Å². The van der Waals surface area contributed by atoms with Crippen molar-refractivity contribution >= 4 is 5.91 Å². The minimum atomic E-state index is 0.109. The summed E-state index contributed by atoms with van der Waals surface area (Å²) < 4.78 is 5.73. The summed E-state index contributed by atoms with van der Waals surface area (Å²) in [5.41, 5.74) is 1.81. The first-order valence-corrected chi connectivity index (χ1v) is 8.74. The summed E-state index contributed by atoms with van der Waals surface area (Å²) in [4.78, 5) is 14.4. The summed E-state index contributed by atoms with van der Waals surface area (Å²) >= 11 is 0. The van der Waals surface area contributed by atoms with Crippen LogP contribution in [-0.4, -0.2) is 24.4 Å². The highest BCUT2D eigenvalue weighted by Gasteiger charge is 2.20. The van der Waals surface area contributed by atoms with Crippen LogP contribution in [0.4, 0.5) is 0 Å². The van der Waals surface area contributed by atoms with E-state index in [4.69, 9.17) is 4.74 Å². The van der Waals surface area contributed by atoms with E-state index in [-0.39, 0.29) is 5.91 Å². The Morgan fingerprint density at radius 3 is 2.38 bits per heavy atom. The Bertz CT molecular complexity index is 645. The molecule has 0 atom stereocenters. The Labute approximate surface area is 144 Å². The molecule has 1 amide bonds. The number of amides is 1. The van der Waals surface area contributed by atoms with Crippen LogP contribution in [0.3, 0.4) is 0 Å². The van der Waals surface area contributed by atoms with E-state index in [1.165, 1.54) is 25.7 Å². The normalized spacial score (nSPS) is 14.5. The number of hydrogen-bond acceptors (Lipinski definition) is 2. The van der Waals surface area contributed by atoms with Gasteiger partial charge in [-0.3, -0.25) is 4.79 Å². The summed E-state index contributed by atoms with van der Waals surface area (Å²) in [7, 11) is 1.91. The van der Waals surface area contributed by atoms with Crippen molar-refractivity contribution in [3.8, 4) is 5.75 Å². The summed E-state index contributed by atoms with van der Waals surface area (Å²) in [6.45, 7) is 1.38. The molecule has 3 nitrogen and oxygen atoms in total. The number of benzene rings is 2. The molecule has 1 fully saturated rings. The van der Waals surface area contributed by atoms with Crippen LogP contribution in [0.15, 0.2) is 54.6 Å². The first-order valence-electron chi connectivity index (χ1n) is 8.74. The third-order valence-corrected chi connectivity index (χ3v) is 4.70. The van der Waals surface area contributed by atoms with Gasteiger partial charge in [-0.1, -0.05) is 43.2 Å². The van der Waals surface area contributed by atoms with Gasteiger partial charge in [0.1, 0.15) is 12.4 Å². The minimum absolute atomic E-state index is 0.109. The fourth-order valence-corrected chi connectivity index (χ4v) is 3.31. The van der Waals surface area contributed by atoms with Gasteiger partial charge in [-0.05, 0) is 48.6 Å². The Kier molecular flexibility index (Phi) is 5.52. The van der Waals surface area contributed by atoms with Gasteiger partial charge in [0, 0.05) is 19.2 Å². The second kappa shape index (κ2) is 8.00. The molecule has 2 aromatic carbocycles. The quantitative estimate of drug-likeness (QED) is 0.782. The molecule has 0 saturated heterocycles. The zero-order valence-corrected chi connectivity index (χ0v) is 14.3. The molecule has 0 spiro atoms. The highest BCUT2D eigenvalue weighted by Crippen LogP contribution is 2.25. The first-order chi connectivity index (χ1) is 11.7.